The lowest BCUT2D eigenvalue weighted by molar-refractivity contribution is -0.153. The smallest absolute Gasteiger partial charge is 0.329 e. The Kier molecular flexibility index (Phi) is 2.60. The Morgan fingerprint density at radius 1 is 1.40 bits per heavy atom. The Balaban J connectivity index is 2.39. The molecule has 0 aromatic rings. The minimum atomic E-state index is -2.96. The molecule has 1 saturated heterocycles. The molecule has 0 amide bonds. The first-order valence-electron chi connectivity index (χ1n) is 2.87. The topological polar surface area (TPSA) is 18.5 Å². The van der Waals surface area contributed by atoms with E-state index in [0.29, 0.717) is 6.61 Å². The zero-order valence-corrected chi connectivity index (χ0v) is 6.74. The monoisotopic (exact) mass is 216 g/mol. The summed E-state index contributed by atoms with van der Waals surface area (Å²) in [4.78, 5) is -2.96. The molecule has 1 atom stereocenters. The fourth-order valence-corrected chi connectivity index (χ4v) is 0.941. The highest BCUT2D eigenvalue weighted by atomic mass is 79.9. The number of ether oxygens (including phenoxy) is 2. The zero-order chi connectivity index (χ0) is 7.61. The highest BCUT2D eigenvalue weighted by molar-refractivity contribution is 9.10. The van der Waals surface area contributed by atoms with Crippen LogP contribution in [-0.2, 0) is 9.47 Å². The first kappa shape index (κ1) is 8.36. The Labute approximate surface area is 65.6 Å². The predicted octanol–water partition coefficient (Wildman–Crippen LogP) is 1.39. The van der Waals surface area contributed by atoms with Gasteiger partial charge in [-0.25, -0.2) is 0 Å². The van der Waals surface area contributed by atoms with Gasteiger partial charge in [0.25, 0.3) is 0 Å². The maximum absolute atomic E-state index is 12.3. The van der Waals surface area contributed by atoms with E-state index in [1.54, 1.807) is 0 Å². The van der Waals surface area contributed by atoms with E-state index in [0.717, 1.165) is 0 Å². The van der Waals surface area contributed by atoms with Crippen LogP contribution in [0.5, 0.6) is 0 Å². The first-order valence-corrected chi connectivity index (χ1v) is 3.66. The molecule has 0 aromatic heterocycles. The molecule has 0 spiro atoms. The molecule has 0 bridgehead atoms. The fourth-order valence-electron chi connectivity index (χ4n) is 0.677. The van der Waals surface area contributed by atoms with Gasteiger partial charge in [0.15, 0.2) is 6.10 Å². The molecule has 1 heterocycles. The van der Waals surface area contributed by atoms with Crippen LogP contribution in [0.1, 0.15) is 0 Å². The van der Waals surface area contributed by atoms with Gasteiger partial charge in [-0.2, -0.15) is 8.78 Å². The lowest BCUT2D eigenvalue weighted by atomic mass is 10.4. The average molecular weight is 217 g/mol. The largest absolute Gasteiger partial charge is 0.376 e. The van der Waals surface area contributed by atoms with Crippen LogP contribution in [0, 0.1) is 0 Å². The third-order valence-electron chi connectivity index (χ3n) is 1.18. The Bertz CT molecular complexity index is 109. The van der Waals surface area contributed by atoms with Crippen LogP contribution in [0.2, 0.25) is 0 Å². The highest BCUT2D eigenvalue weighted by Crippen LogP contribution is 2.29. The number of hydrogen-bond donors (Lipinski definition) is 0. The average Bonchev–Trinajstić information content (AvgIpc) is 1.88. The van der Waals surface area contributed by atoms with E-state index in [4.69, 9.17) is 9.47 Å². The molecule has 1 unspecified atom stereocenters. The van der Waals surface area contributed by atoms with Crippen LogP contribution in [-0.4, -0.2) is 30.8 Å². The molecular weight excluding hydrogens is 210 g/mol. The molecular formula is C5H7BrF2O2. The van der Waals surface area contributed by atoms with Crippen molar-refractivity contribution in [2.24, 2.45) is 0 Å². The SMILES string of the molecule is FC(F)(Br)C1COCCO1. The number of alkyl halides is 3. The third-order valence-corrected chi connectivity index (χ3v) is 1.69. The lowest BCUT2D eigenvalue weighted by Crippen LogP contribution is -2.39. The maximum atomic E-state index is 12.3. The first-order chi connectivity index (χ1) is 4.61. The molecule has 0 radical (unpaired) electrons. The molecule has 60 valence electrons. The van der Waals surface area contributed by atoms with Gasteiger partial charge >= 0.3 is 4.83 Å². The van der Waals surface area contributed by atoms with E-state index in [1.807, 2.05) is 0 Å². The van der Waals surface area contributed by atoms with Crippen molar-refractivity contribution in [1.29, 1.82) is 0 Å². The van der Waals surface area contributed by atoms with Crippen LogP contribution in [0.4, 0.5) is 8.78 Å². The molecule has 0 saturated carbocycles. The molecule has 0 aromatic carbocycles. The summed E-state index contributed by atoms with van der Waals surface area (Å²) in [5.74, 6) is 0. The van der Waals surface area contributed by atoms with Crippen molar-refractivity contribution in [3.63, 3.8) is 0 Å². The van der Waals surface area contributed by atoms with Crippen LogP contribution in [0.25, 0.3) is 0 Å². The quantitative estimate of drug-likeness (QED) is 0.618. The van der Waals surface area contributed by atoms with Crippen molar-refractivity contribution in [1.82, 2.24) is 0 Å². The summed E-state index contributed by atoms with van der Waals surface area (Å²) in [5.41, 5.74) is 0. The minimum absolute atomic E-state index is 0.0434. The van der Waals surface area contributed by atoms with E-state index in [2.05, 4.69) is 15.9 Å². The van der Waals surface area contributed by atoms with Gasteiger partial charge < -0.3 is 9.47 Å². The summed E-state index contributed by atoms with van der Waals surface area (Å²) in [7, 11) is 0. The second-order valence-electron chi connectivity index (χ2n) is 1.98. The number of halogens is 3. The molecule has 1 fully saturated rings. The summed E-state index contributed by atoms with van der Waals surface area (Å²) in [6, 6.07) is 0. The normalized spacial score (nSPS) is 28.5. The van der Waals surface area contributed by atoms with E-state index >= 15 is 0 Å². The predicted molar refractivity (Wildman–Crippen MR) is 34.4 cm³/mol. The van der Waals surface area contributed by atoms with Crippen molar-refractivity contribution in [2.75, 3.05) is 19.8 Å². The van der Waals surface area contributed by atoms with Crippen molar-refractivity contribution in [2.45, 2.75) is 10.9 Å². The molecule has 0 aliphatic carbocycles. The van der Waals surface area contributed by atoms with Crippen LogP contribution >= 0.6 is 15.9 Å². The molecule has 0 N–H and O–H groups in total. The zero-order valence-electron chi connectivity index (χ0n) is 5.15. The molecule has 5 heteroatoms. The summed E-state index contributed by atoms with van der Waals surface area (Å²) < 4.78 is 34.1. The molecule has 10 heavy (non-hydrogen) atoms. The highest BCUT2D eigenvalue weighted by Gasteiger charge is 2.38. The van der Waals surface area contributed by atoms with Crippen molar-refractivity contribution in [3.05, 3.63) is 0 Å². The summed E-state index contributed by atoms with van der Waals surface area (Å²) in [6.45, 7) is 0.601. The summed E-state index contributed by atoms with van der Waals surface area (Å²) in [6.07, 6.45) is -1.14. The molecule has 1 rings (SSSR count). The van der Waals surface area contributed by atoms with Gasteiger partial charge in [0, 0.05) is 0 Å². The van der Waals surface area contributed by atoms with Crippen LogP contribution in [0.3, 0.4) is 0 Å². The van der Waals surface area contributed by atoms with E-state index < -0.39 is 10.9 Å². The number of rotatable bonds is 1. The standard InChI is InChI=1S/C5H7BrF2O2/c6-5(7,8)4-3-9-1-2-10-4/h4H,1-3H2. The van der Waals surface area contributed by atoms with Gasteiger partial charge in [0.2, 0.25) is 0 Å². The van der Waals surface area contributed by atoms with Gasteiger partial charge in [-0.15, -0.1) is 0 Å². The van der Waals surface area contributed by atoms with Gasteiger partial charge in [-0.3, -0.25) is 0 Å². The Morgan fingerprint density at radius 3 is 2.40 bits per heavy atom. The van der Waals surface area contributed by atoms with Gasteiger partial charge in [0.05, 0.1) is 19.8 Å². The maximum Gasteiger partial charge on any atom is 0.329 e. The Morgan fingerprint density at radius 2 is 2.10 bits per heavy atom. The molecule has 2 nitrogen and oxygen atoms in total. The van der Waals surface area contributed by atoms with Crippen molar-refractivity contribution >= 4 is 15.9 Å². The van der Waals surface area contributed by atoms with Crippen molar-refractivity contribution in [3.8, 4) is 0 Å². The fraction of sp³-hybridized carbons (Fsp3) is 1.00. The lowest BCUT2D eigenvalue weighted by Gasteiger charge is -2.26. The minimum Gasteiger partial charge on any atom is -0.376 e. The third kappa shape index (κ3) is 2.14. The summed E-state index contributed by atoms with van der Waals surface area (Å²) >= 11 is 2.20. The number of hydrogen-bond acceptors (Lipinski definition) is 2. The van der Waals surface area contributed by atoms with Crippen molar-refractivity contribution < 1.29 is 18.3 Å². The van der Waals surface area contributed by atoms with E-state index in [1.165, 1.54) is 0 Å². The van der Waals surface area contributed by atoms with Crippen LogP contribution < -0.4 is 0 Å². The second kappa shape index (κ2) is 3.11. The van der Waals surface area contributed by atoms with Gasteiger partial charge in [-0.1, -0.05) is 0 Å². The van der Waals surface area contributed by atoms with Gasteiger partial charge in [-0.05, 0) is 15.9 Å². The van der Waals surface area contributed by atoms with E-state index in [-0.39, 0.29) is 13.2 Å². The summed E-state index contributed by atoms with van der Waals surface area (Å²) in [5, 5.41) is 0. The molecule has 1 aliphatic heterocycles. The molecule has 1 aliphatic rings. The second-order valence-corrected chi connectivity index (χ2v) is 3.03. The van der Waals surface area contributed by atoms with Gasteiger partial charge in [0.1, 0.15) is 0 Å². The Hall–Kier alpha value is 0.260. The van der Waals surface area contributed by atoms with E-state index in [9.17, 15) is 8.78 Å². The van der Waals surface area contributed by atoms with Crippen LogP contribution in [0.15, 0.2) is 0 Å².